The zero-order valence-corrected chi connectivity index (χ0v) is 18.6. The Morgan fingerprint density at radius 2 is 1.14 bits per heavy atom. The molecule has 0 aromatic heterocycles. The van der Waals surface area contributed by atoms with Gasteiger partial charge in [-0.2, -0.15) is 0 Å². The minimum atomic E-state index is -3.64. The van der Waals surface area contributed by atoms with Crippen LogP contribution in [-0.2, 0) is 4.79 Å². The van der Waals surface area contributed by atoms with Crippen LogP contribution in [0.15, 0.2) is 91.0 Å². The van der Waals surface area contributed by atoms with Crippen molar-refractivity contribution in [1.29, 1.82) is 0 Å². The van der Waals surface area contributed by atoms with E-state index in [9.17, 15) is 9.90 Å². The van der Waals surface area contributed by atoms with Gasteiger partial charge in [0.2, 0.25) is 0 Å². The molecule has 2 nitrogen and oxygen atoms in total. The van der Waals surface area contributed by atoms with Crippen molar-refractivity contribution in [2.24, 2.45) is 0 Å². The third-order valence-corrected chi connectivity index (χ3v) is 14.1. The molecule has 0 aliphatic rings. The fourth-order valence-electron chi connectivity index (χ4n) is 4.11. The van der Waals surface area contributed by atoms with Gasteiger partial charge in [0.25, 0.3) is 0 Å². The summed E-state index contributed by atoms with van der Waals surface area (Å²) in [5.41, 5.74) is -0.436. The normalized spacial score (nSPS) is 15.1. The Labute approximate surface area is 178 Å². The average molecular weight is 427 g/mol. The molecule has 0 heterocycles. The van der Waals surface area contributed by atoms with Crippen LogP contribution < -0.4 is 15.9 Å². The van der Waals surface area contributed by atoms with Gasteiger partial charge in [-0.15, -0.1) is 0 Å². The number of rotatable bonds is 8. The fourth-order valence-corrected chi connectivity index (χ4v) is 10.6. The van der Waals surface area contributed by atoms with Gasteiger partial charge in [0.05, 0.1) is 0 Å². The van der Waals surface area contributed by atoms with Crippen LogP contribution in [0.5, 0.6) is 0 Å². The maximum atomic E-state index is 13.5. The van der Waals surface area contributed by atoms with E-state index < -0.39 is 17.7 Å². The van der Waals surface area contributed by atoms with Crippen LogP contribution >= 0.6 is 17.2 Å². The molecule has 0 aliphatic carbocycles. The van der Waals surface area contributed by atoms with E-state index in [-0.39, 0.29) is 5.78 Å². The minimum absolute atomic E-state index is 0.0788. The summed E-state index contributed by atoms with van der Waals surface area (Å²) < 4.78 is 0. The number of carbonyl (C=O) groups excluding carboxylic acids is 1. The summed E-state index contributed by atoms with van der Waals surface area (Å²) in [6.45, 7) is 3.67. The molecule has 3 rings (SSSR count). The molecule has 0 bridgehead atoms. The van der Waals surface area contributed by atoms with Gasteiger partial charge in [-0.1, -0.05) is 0 Å². The number of carbonyl (C=O) groups is 1. The van der Waals surface area contributed by atoms with Crippen LogP contribution in [0.1, 0.15) is 26.7 Å². The SMILES string of the molecule is CC(O)CCC(=O)C(C)P(Cl)(c1ccccc1)(c1ccccc1)c1ccccc1. The summed E-state index contributed by atoms with van der Waals surface area (Å²) in [5, 5.41) is 12.7. The van der Waals surface area contributed by atoms with Crippen LogP contribution in [-0.4, -0.2) is 22.7 Å². The summed E-state index contributed by atoms with van der Waals surface area (Å²) in [6.07, 6.45) is 0.221. The molecule has 3 aromatic rings. The van der Waals surface area contributed by atoms with Crippen molar-refractivity contribution in [3.05, 3.63) is 91.0 Å². The third-order valence-electron chi connectivity index (χ3n) is 5.78. The zero-order valence-electron chi connectivity index (χ0n) is 16.9. The summed E-state index contributed by atoms with van der Waals surface area (Å²) in [6, 6.07) is 30.1. The molecule has 152 valence electrons. The molecule has 29 heavy (non-hydrogen) atoms. The molecule has 2 atom stereocenters. The Bertz CT molecular complexity index is 843. The van der Waals surface area contributed by atoms with Crippen LogP contribution in [0.2, 0.25) is 0 Å². The maximum absolute atomic E-state index is 13.5. The Morgan fingerprint density at radius 3 is 1.45 bits per heavy atom. The van der Waals surface area contributed by atoms with Gasteiger partial charge in [-0.25, -0.2) is 0 Å². The van der Waals surface area contributed by atoms with Crippen molar-refractivity contribution in [3.63, 3.8) is 0 Å². The van der Waals surface area contributed by atoms with Crippen molar-refractivity contribution in [2.45, 2.75) is 38.5 Å². The van der Waals surface area contributed by atoms with Crippen LogP contribution in [0, 0.1) is 0 Å². The van der Waals surface area contributed by atoms with Crippen molar-refractivity contribution < 1.29 is 9.90 Å². The first-order valence-electron chi connectivity index (χ1n) is 10.00. The Hall–Kier alpha value is -1.99. The summed E-state index contributed by atoms with van der Waals surface area (Å²) in [5.74, 6) is -3.56. The van der Waals surface area contributed by atoms with Crippen LogP contribution in [0.3, 0.4) is 0 Å². The number of ketones is 1. The van der Waals surface area contributed by atoms with Crippen LogP contribution in [0.4, 0.5) is 0 Å². The molecule has 2 unspecified atom stereocenters. The first kappa shape index (κ1) is 21.7. The number of Topliss-reactive ketones (excluding diaryl/α,β-unsaturated/α-hetero) is 1. The molecule has 0 amide bonds. The van der Waals surface area contributed by atoms with Gasteiger partial charge >= 0.3 is 178 Å². The van der Waals surface area contributed by atoms with E-state index in [1.165, 1.54) is 0 Å². The number of aliphatic hydroxyl groups excluding tert-OH is 1. The van der Waals surface area contributed by atoms with Crippen molar-refractivity contribution in [1.82, 2.24) is 0 Å². The fraction of sp³-hybridized carbons (Fsp3) is 0.240. The van der Waals surface area contributed by atoms with Gasteiger partial charge in [0, 0.05) is 0 Å². The van der Waals surface area contributed by atoms with E-state index in [0.29, 0.717) is 12.8 Å². The molecule has 4 heteroatoms. The number of hydrogen-bond donors (Lipinski definition) is 1. The Balaban J connectivity index is 2.34. The zero-order chi connectivity index (χ0) is 20.9. The summed E-state index contributed by atoms with van der Waals surface area (Å²) in [7, 11) is 0. The van der Waals surface area contributed by atoms with Gasteiger partial charge < -0.3 is 0 Å². The van der Waals surface area contributed by atoms with Gasteiger partial charge in [0.15, 0.2) is 0 Å². The van der Waals surface area contributed by atoms with Gasteiger partial charge in [-0.05, 0) is 0 Å². The van der Waals surface area contributed by atoms with E-state index in [1.807, 2.05) is 97.9 Å². The molecular weight excluding hydrogens is 399 g/mol. The van der Waals surface area contributed by atoms with Gasteiger partial charge in [0.1, 0.15) is 0 Å². The van der Waals surface area contributed by atoms with Crippen LogP contribution in [0.25, 0.3) is 0 Å². The number of benzene rings is 3. The van der Waals surface area contributed by atoms with E-state index in [2.05, 4.69) is 0 Å². The number of halogens is 1. The van der Waals surface area contributed by atoms with E-state index >= 15 is 0 Å². The molecule has 0 saturated heterocycles. The standard InChI is InChI=1S/C25H28ClO2P/c1-20(27)18-19-25(28)21(2)29(26,22-12-6-3-7-13-22,23-14-8-4-9-15-23)24-16-10-5-11-17-24/h3-17,20-21,27H,18-19H2,1-2H3. The van der Waals surface area contributed by atoms with E-state index in [1.54, 1.807) is 6.92 Å². The molecule has 0 aliphatic heterocycles. The third kappa shape index (κ3) is 3.78. The van der Waals surface area contributed by atoms with E-state index in [4.69, 9.17) is 11.2 Å². The van der Waals surface area contributed by atoms with Crippen molar-refractivity contribution >= 4 is 38.9 Å². The Morgan fingerprint density at radius 1 is 0.793 bits per heavy atom. The topological polar surface area (TPSA) is 37.3 Å². The molecule has 3 aromatic carbocycles. The first-order chi connectivity index (χ1) is 13.9. The Kier molecular flexibility index (Phi) is 6.58. The second kappa shape index (κ2) is 8.79. The number of hydrogen-bond acceptors (Lipinski definition) is 2. The molecular formula is C25H28ClO2P. The van der Waals surface area contributed by atoms with E-state index in [0.717, 1.165) is 15.9 Å². The quantitative estimate of drug-likeness (QED) is 0.526. The molecule has 0 radical (unpaired) electrons. The predicted molar refractivity (Wildman–Crippen MR) is 126 cm³/mol. The first-order valence-corrected chi connectivity index (χ1v) is 13.2. The molecule has 0 saturated carbocycles. The molecule has 0 spiro atoms. The average Bonchev–Trinajstić information content (AvgIpc) is 2.78. The number of aliphatic hydroxyl groups is 1. The summed E-state index contributed by atoms with van der Waals surface area (Å²) in [4.78, 5) is 13.5. The second-order valence-corrected chi connectivity index (χ2v) is 14.2. The van der Waals surface area contributed by atoms with Crippen molar-refractivity contribution in [2.75, 3.05) is 0 Å². The van der Waals surface area contributed by atoms with Gasteiger partial charge in [-0.3, -0.25) is 0 Å². The monoisotopic (exact) mass is 426 g/mol. The molecule has 0 fully saturated rings. The summed E-state index contributed by atoms with van der Waals surface area (Å²) >= 11 is 7.98. The molecule has 1 N–H and O–H groups in total. The predicted octanol–water partition coefficient (Wildman–Crippen LogP) is 4.79. The van der Waals surface area contributed by atoms with Crippen molar-refractivity contribution in [3.8, 4) is 0 Å². The second-order valence-electron chi connectivity index (χ2n) is 7.61.